The number of halogens is 1. The maximum absolute atomic E-state index is 12.8. The molecule has 2 aliphatic rings. The largest absolute Gasteiger partial charge is 0.490 e. The number of amides is 1. The molecule has 1 aliphatic heterocycles. The SMILES string of the molecule is [C-]#[N+]c1ccc(OC2CCC(N3CCc4ncccc4C3=O)CC2)cc1Cl. The first kappa shape index (κ1) is 17.8. The predicted octanol–water partition coefficient (Wildman–Crippen LogP) is 4.67. The molecule has 4 rings (SSSR count). The van der Waals surface area contributed by atoms with Crippen LogP contribution in [-0.2, 0) is 6.42 Å². The lowest BCUT2D eigenvalue weighted by molar-refractivity contribution is 0.0517. The maximum Gasteiger partial charge on any atom is 0.255 e. The minimum Gasteiger partial charge on any atom is -0.490 e. The second-order valence-corrected chi connectivity index (χ2v) is 7.43. The number of fused-ring (bicyclic) bond motifs is 1. The average Bonchev–Trinajstić information content (AvgIpc) is 2.69. The fourth-order valence-electron chi connectivity index (χ4n) is 3.98. The number of hydrogen-bond acceptors (Lipinski definition) is 3. The van der Waals surface area contributed by atoms with Gasteiger partial charge in [-0.25, -0.2) is 4.85 Å². The molecule has 1 aromatic heterocycles. The molecule has 1 saturated carbocycles. The van der Waals surface area contributed by atoms with Gasteiger partial charge in [0.05, 0.1) is 29.0 Å². The lowest BCUT2D eigenvalue weighted by Crippen LogP contribution is -2.47. The number of ether oxygens (including phenoxy) is 1. The quantitative estimate of drug-likeness (QED) is 0.725. The van der Waals surface area contributed by atoms with Gasteiger partial charge in [0.25, 0.3) is 5.91 Å². The van der Waals surface area contributed by atoms with Crippen molar-refractivity contribution in [1.29, 1.82) is 0 Å². The van der Waals surface area contributed by atoms with Crippen molar-refractivity contribution >= 4 is 23.2 Å². The molecule has 5 nitrogen and oxygen atoms in total. The van der Waals surface area contributed by atoms with Gasteiger partial charge in [-0.1, -0.05) is 17.7 Å². The minimum absolute atomic E-state index is 0.107. The minimum atomic E-state index is 0.107. The number of carbonyl (C=O) groups excluding carboxylic acids is 1. The van der Waals surface area contributed by atoms with E-state index in [0.29, 0.717) is 16.5 Å². The number of hydrogen-bond donors (Lipinski definition) is 0. The molecule has 2 heterocycles. The molecule has 1 amide bonds. The van der Waals surface area contributed by atoms with Crippen LogP contribution in [0, 0.1) is 6.57 Å². The molecule has 27 heavy (non-hydrogen) atoms. The van der Waals surface area contributed by atoms with Gasteiger partial charge < -0.3 is 9.64 Å². The molecule has 0 N–H and O–H groups in total. The second kappa shape index (κ2) is 7.58. The van der Waals surface area contributed by atoms with E-state index in [1.165, 1.54) is 0 Å². The maximum atomic E-state index is 12.8. The van der Waals surface area contributed by atoms with Crippen LogP contribution in [0.1, 0.15) is 41.7 Å². The average molecular weight is 382 g/mol. The van der Waals surface area contributed by atoms with Crippen molar-refractivity contribution in [3.63, 3.8) is 0 Å². The van der Waals surface area contributed by atoms with Crippen molar-refractivity contribution in [1.82, 2.24) is 9.88 Å². The van der Waals surface area contributed by atoms with Crippen LogP contribution in [-0.4, -0.2) is 34.5 Å². The normalized spacial score (nSPS) is 22.1. The van der Waals surface area contributed by atoms with Gasteiger partial charge in [0, 0.05) is 25.2 Å². The summed E-state index contributed by atoms with van der Waals surface area (Å²) in [5.41, 5.74) is 2.10. The van der Waals surface area contributed by atoms with E-state index >= 15 is 0 Å². The highest BCUT2D eigenvalue weighted by Gasteiger charge is 2.33. The number of benzene rings is 1. The molecule has 0 unspecified atom stereocenters. The fraction of sp³-hybridized carbons (Fsp3) is 0.381. The summed E-state index contributed by atoms with van der Waals surface area (Å²) >= 11 is 6.09. The number of rotatable bonds is 3. The third kappa shape index (κ3) is 3.63. The van der Waals surface area contributed by atoms with Gasteiger partial charge in [-0.2, -0.15) is 0 Å². The van der Waals surface area contributed by atoms with E-state index in [1.54, 1.807) is 24.4 Å². The van der Waals surface area contributed by atoms with Crippen molar-refractivity contribution in [2.45, 2.75) is 44.2 Å². The van der Waals surface area contributed by atoms with Crippen molar-refractivity contribution in [3.05, 3.63) is 64.2 Å². The highest BCUT2D eigenvalue weighted by molar-refractivity contribution is 6.33. The van der Waals surface area contributed by atoms with Crippen LogP contribution in [0.4, 0.5) is 5.69 Å². The highest BCUT2D eigenvalue weighted by Crippen LogP contribution is 2.33. The molecule has 0 bridgehead atoms. The van der Waals surface area contributed by atoms with E-state index in [2.05, 4.69) is 9.83 Å². The van der Waals surface area contributed by atoms with Gasteiger partial charge in [0.15, 0.2) is 0 Å². The number of aromatic nitrogens is 1. The van der Waals surface area contributed by atoms with Crippen LogP contribution >= 0.6 is 11.6 Å². The molecular formula is C21H20ClN3O2. The summed E-state index contributed by atoms with van der Waals surface area (Å²) in [6, 6.07) is 9.16. The van der Waals surface area contributed by atoms with Gasteiger partial charge in [0.1, 0.15) is 5.75 Å². The van der Waals surface area contributed by atoms with E-state index in [1.807, 2.05) is 17.0 Å². The summed E-state index contributed by atoms with van der Waals surface area (Å²) in [5.74, 6) is 0.806. The standard InChI is InChI=1S/C21H20ClN3O2/c1-23-20-9-8-16(13-18(20)22)27-15-6-4-14(5-7-15)25-12-10-19-17(21(25)26)3-2-11-24-19/h2-3,8-9,11,13-15H,4-7,10,12H2. The van der Waals surface area contributed by atoms with Crippen LogP contribution < -0.4 is 4.74 Å². The first-order valence-corrected chi connectivity index (χ1v) is 9.62. The topological polar surface area (TPSA) is 46.8 Å². The van der Waals surface area contributed by atoms with Crippen molar-refractivity contribution in [2.75, 3.05) is 6.54 Å². The summed E-state index contributed by atoms with van der Waals surface area (Å²) in [6.07, 6.45) is 6.35. The molecule has 1 aliphatic carbocycles. The van der Waals surface area contributed by atoms with Gasteiger partial charge in [-0.05, 0) is 49.9 Å². The van der Waals surface area contributed by atoms with Gasteiger partial charge >= 0.3 is 0 Å². The Bertz CT molecular complexity index is 901. The summed E-state index contributed by atoms with van der Waals surface area (Å²) < 4.78 is 6.05. The Balaban J connectivity index is 1.36. The highest BCUT2D eigenvalue weighted by atomic mass is 35.5. The van der Waals surface area contributed by atoms with E-state index in [0.717, 1.165) is 49.9 Å². The third-order valence-corrected chi connectivity index (χ3v) is 5.70. The Morgan fingerprint density at radius 3 is 2.78 bits per heavy atom. The van der Waals surface area contributed by atoms with E-state index < -0.39 is 0 Å². The Labute approximate surface area is 163 Å². The molecule has 6 heteroatoms. The molecule has 0 radical (unpaired) electrons. The van der Waals surface area contributed by atoms with Crippen LogP contribution in [0.25, 0.3) is 4.85 Å². The lowest BCUT2D eigenvalue weighted by Gasteiger charge is -2.39. The molecule has 1 fully saturated rings. The molecule has 0 atom stereocenters. The smallest absolute Gasteiger partial charge is 0.255 e. The molecule has 2 aromatic rings. The Kier molecular flexibility index (Phi) is 5.00. The first-order valence-electron chi connectivity index (χ1n) is 9.24. The van der Waals surface area contributed by atoms with Crippen LogP contribution in [0.15, 0.2) is 36.5 Å². The summed E-state index contributed by atoms with van der Waals surface area (Å²) in [4.78, 5) is 22.5. The van der Waals surface area contributed by atoms with Crippen molar-refractivity contribution in [2.24, 2.45) is 0 Å². The zero-order valence-corrected chi connectivity index (χ0v) is 15.7. The van der Waals surface area contributed by atoms with Crippen LogP contribution in [0.3, 0.4) is 0 Å². The number of carbonyl (C=O) groups is 1. The lowest BCUT2D eigenvalue weighted by atomic mass is 9.90. The molecule has 1 aromatic carbocycles. The number of pyridine rings is 1. The monoisotopic (exact) mass is 381 g/mol. The Hall–Kier alpha value is -2.58. The summed E-state index contributed by atoms with van der Waals surface area (Å²) in [7, 11) is 0. The van der Waals surface area contributed by atoms with Gasteiger partial charge in [-0.3, -0.25) is 9.78 Å². The predicted molar refractivity (Wildman–Crippen MR) is 103 cm³/mol. The Morgan fingerprint density at radius 1 is 1.22 bits per heavy atom. The van der Waals surface area contributed by atoms with E-state index in [4.69, 9.17) is 22.9 Å². The van der Waals surface area contributed by atoms with Crippen molar-refractivity contribution < 1.29 is 9.53 Å². The zero-order valence-electron chi connectivity index (χ0n) is 14.9. The summed E-state index contributed by atoms with van der Waals surface area (Å²) in [5, 5.41) is 0.419. The molecule has 138 valence electrons. The van der Waals surface area contributed by atoms with Crippen molar-refractivity contribution in [3.8, 4) is 5.75 Å². The van der Waals surface area contributed by atoms with E-state index in [-0.39, 0.29) is 18.1 Å². The zero-order chi connectivity index (χ0) is 18.8. The Morgan fingerprint density at radius 2 is 2.04 bits per heavy atom. The third-order valence-electron chi connectivity index (χ3n) is 5.40. The van der Waals surface area contributed by atoms with E-state index in [9.17, 15) is 4.79 Å². The fourth-order valence-corrected chi connectivity index (χ4v) is 4.19. The molecule has 0 saturated heterocycles. The molecule has 0 spiro atoms. The molecular weight excluding hydrogens is 362 g/mol. The first-order chi connectivity index (χ1) is 13.2. The number of nitrogens with zero attached hydrogens (tertiary/aromatic N) is 3. The second-order valence-electron chi connectivity index (χ2n) is 7.02. The van der Waals surface area contributed by atoms with Crippen LogP contribution in [0.5, 0.6) is 5.75 Å². The van der Waals surface area contributed by atoms with Gasteiger partial charge in [-0.15, -0.1) is 0 Å². The van der Waals surface area contributed by atoms with Crippen LogP contribution in [0.2, 0.25) is 5.02 Å². The summed E-state index contributed by atoms with van der Waals surface area (Å²) in [6.45, 7) is 7.80. The van der Waals surface area contributed by atoms with Gasteiger partial charge in [0.2, 0.25) is 5.69 Å².